The predicted molar refractivity (Wildman–Crippen MR) is 45.4 cm³/mol. The maximum atomic E-state index is 10.8. The summed E-state index contributed by atoms with van der Waals surface area (Å²) >= 11 is 0. The Balaban J connectivity index is -0.000000500. The van der Waals surface area contributed by atoms with E-state index in [4.69, 9.17) is 0 Å². The van der Waals surface area contributed by atoms with E-state index in [1.807, 2.05) is 0 Å². The van der Waals surface area contributed by atoms with Crippen LogP contribution in [0.1, 0.15) is 2.85 Å². The fraction of sp³-hybridized carbons (Fsp3) is 0.667. The summed E-state index contributed by atoms with van der Waals surface area (Å²) in [6.07, 6.45) is 0. The van der Waals surface area contributed by atoms with Crippen LogP contribution in [0.3, 0.4) is 0 Å². The van der Waals surface area contributed by atoms with E-state index in [0.717, 1.165) is 0 Å². The average molecular weight is 163 g/mol. The minimum absolute atomic E-state index is 0. The van der Waals surface area contributed by atoms with Gasteiger partial charge in [-0.05, 0) is 0 Å². The fourth-order valence-corrected chi connectivity index (χ4v) is 0.402. The quantitative estimate of drug-likeness (QED) is 0.576. The lowest BCUT2D eigenvalue weighted by molar-refractivity contribution is -0.127. The Morgan fingerprint density at radius 1 is 1.45 bits per heavy atom. The number of carbonyl (C=O) groups excluding carboxylic acids is 2. The number of carbonyl (C=O) groups is 2. The Labute approximate surface area is 68.7 Å². The van der Waals surface area contributed by atoms with E-state index >= 15 is 0 Å². The van der Waals surface area contributed by atoms with Crippen molar-refractivity contribution < 1.29 is 12.4 Å². The normalized spacial score (nSPS) is 8.64. The molecule has 68 valence electrons. The molecule has 0 fully saturated rings. The molecule has 5 heteroatoms. The van der Waals surface area contributed by atoms with E-state index in [-0.39, 0.29) is 21.3 Å². The smallest absolute Gasteiger partial charge is 0.314 e. The molecule has 0 atom stereocenters. The Morgan fingerprint density at radius 2 is 2.00 bits per heavy atom. The van der Waals surface area contributed by atoms with Crippen molar-refractivity contribution >= 4 is 11.9 Å². The molecule has 0 rings (SSSR count). The molecule has 0 aromatic heterocycles. The van der Waals surface area contributed by atoms with Crippen LogP contribution in [0.15, 0.2) is 0 Å². The van der Waals surface area contributed by atoms with Crippen LogP contribution in [0.2, 0.25) is 0 Å². The van der Waals surface area contributed by atoms with Gasteiger partial charge < -0.3 is 15.5 Å². The van der Waals surface area contributed by atoms with Crippen molar-refractivity contribution in [2.45, 2.75) is 0 Å². The number of urea groups is 1. The highest BCUT2D eigenvalue weighted by Gasteiger charge is 2.04. The first-order chi connectivity index (χ1) is 5.07. The first-order valence-corrected chi connectivity index (χ1v) is 3.23. The monoisotopic (exact) mass is 163 g/mol. The van der Waals surface area contributed by atoms with Crippen molar-refractivity contribution in [1.82, 2.24) is 15.5 Å². The second-order valence-electron chi connectivity index (χ2n) is 2.22. The molecule has 5 nitrogen and oxygen atoms in total. The van der Waals surface area contributed by atoms with Crippen molar-refractivity contribution in [2.75, 3.05) is 27.7 Å². The highest BCUT2D eigenvalue weighted by atomic mass is 16.2. The van der Waals surface area contributed by atoms with Crippen LogP contribution in [0, 0.1) is 0 Å². The van der Waals surface area contributed by atoms with Crippen LogP contribution >= 0.6 is 0 Å². The highest BCUT2D eigenvalue weighted by Crippen LogP contribution is 1.74. The Kier molecular flexibility index (Phi) is 4.02. The van der Waals surface area contributed by atoms with Crippen LogP contribution in [0.5, 0.6) is 0 Å². The second-order valence-corrected chi connectivity index (χ2v) is 2.22. The maximum Gasteiger partial charge on any atom is 0.314 e. The molecule has 0 unspecified atom stereocenters. The molecule has 0 bridgehead atoms. The maximum absolute atomic E-state index is 10.8. The molecule has 0 radical (unpaired) electrons. The van der Waals surface area contributed by atoms with E-state index < -0.39 is 0 Å². The van der Waals surface area contributed by atoms with Gasteiger partial charge in [0.2, 0.25) is 5.91 Å². The lowest BCUT2D eigenvalue weighted by Gasteiger charge is -2.10. The third-order valence-corrected chi connectivity index (χ3v) is 1.13. The second kappa shape index (κ2) is 4.54. The minimum Gasteiger partial charge on any atom is -0.347 e. The molecule has 0 aliphatic rings. The molecular formula is C6H17N3O2. The first-order valence-electron chi connectivity index (χ1n) is 3.23. The third kappa shape index (κ3) is 4.19. The SMILES string of the molecule is CNC(=O)NCC(=O)N(C)C.[HH].[HH]. The number of likely N-dealkylation sites (N-methyl/N-ethyl adjacent to an activating group) is 1. The van der Waals surface area contributed by atoms with E-state index in [0.29, 0.717) is 0 Å². The molecule has 0 aliphatic heterocycles. The summed E-state index contributed by atoms with van der Waals surface area (Å²) in [7, 11) is 4.76. The van der Waals surface area contributed by atoms with Crippen molar-refractivity contribution in [3.05, 3.63) is 0 Å². The van der Waals surface area contributed by atoms with Gasteiger partial charge in [0.1, 0.15) is 0 Å². The standard InChI is InChI=1S/C6H13N3O2.2H2/c1-7-6(11)8-4-5(10)9(2)3;;/h4H2,1-3H3,(H2,7,8,11);2*1H. The van der Waals surface area contributed by atoms with E-state index in [1.165, 1.54) is 11.9 Å². The van der Waals surface area contributed by atoms with Crippen LogP contribution in [0.25, 0.3) is 0 Å². The number of amides is 3. The Morgan fingerprint density at radius 3 is 2.36 bits per heavy atom. The van der Waals surface area contributed by atoms with Gasteiger partial charge >= 0.3 is 6.03 Å². The van der Waals surface area contributed by atoms with Crippen molar-refractivity contribution in [3.8, 4) is 0 Å². The molecule has 0 heterocycles. The first kappa shape index (κ1) is 9.74. The number of hydrogen-bond acceptors (Lipinski definition) is 2. The van der Waals surface area contributed by atoms with Gasteiger partial charge in [-0.15, -0.1) is 0 Å². The van der Waals surface area contributed by atoms with Gasteiger partial charge in [-0.2, -0.15) is 0 Å². The summed E-state index contributed by atoms with van der Waals surface area (Å²) in [6, 6.07) is -0.347. The third-order valence-electron chi connectivity index (χ3n) is 1.13. The van der Waals surface area contributed by atoms with Crippen molar-refractivity contribution in [3.63, 3.8) is 0 Å². The highest BCUT2D eigenvalue weighted by molar-refractivity contribution is 5.83. The fourth-order valence-electron chi connectivity index (χ4n) is 0.402. The zero-order chi connectivity index (χ0) is 8.85. The predicted octanol–water partition coefficient (Wildman–Crippen LogP) is -0.504. The molecule has 0 aliphatic carbocycles. The Bertz CT molecular complexity index is 164. The number of rotatable bonds is 2. The van der Waals surface area contributed by atoms with Crippen LogP contribution < -0.4 is 10.6 Å². The molecule has 0 aromatic carbocycles. The van der Waals surface area contributed by atoms with Crippen LogP contribution in [-0.4, -0.2) is 44.5 Å². The lowest BCUT2D eigenvalue weighted by atomic mass is 10.5. The summed E-state index contributed by atoms with van der Waals surface area (Å²) in [5.41, 5.74) is 0. The minimum atomic E-state index is -0.347. The number of nitrogens with zero attached hydrogens (tertiary/aromatic N) is 1. The topological polar surface area (TPSA) is 61.4 Å². The summed E-state index contributed by atoms with van der Waals surface area (Å²) in [5, 5.41) is 4.71. The molecule has 0 saturated carbocycles. The molecule has 3 amide bonds. The molecule has 11 heavy (non-hydrogen) atoms. The van der Waals surface area contributed by atoms with Crippen molar-refractivity contribution in [2.24, 2.45) is 0 Å². The zero-order valence-electron chi connectivity index (χ0n) is 6.97. The van der Waals surface area contributed by atoms with E-state index in [9.17, 15) is 9.59 Å². The number of nitrogens with one attached hydrogen (secondary N) is 2. The van der Waals surface area contributed by atoms with Gasteiger partial charge in [-0.1, -0.05) is 0 Å². The van der Waals surface area contributed by atoms with Crippen molar-refractivity contribution in [1.29, 1.82) is 0 Å². The van der Waals surface area contributed by atoms with Gasteiger partial charge in [0.05, 0.1) is 6.54 Å². The molecule has 2 N–H and O–H groups in total. The van der Waals surface area contributed by atoms with Gasteiger partial charge in [-0.25, -0.2) is 4.79 Å². The zero-order valence-corrected chi connectivity index (χ0v) is 6.97. The van der Waals surface area contributed by atoms with Crippen LogP contribution in [0.4, 0.5) is 4.79 Å². The van der Waals surface area contributed by atoms with Gasteiger partial charge in [0, 0.05) is 24.0 Å². The average Bonchev–Trinajstić information content (AvgIpc) is 1.99. The van der Waals surface area contributed by atoms with Gasteiger partial charge in [0.25, 0.3) is 0 Å². The lowest BCUT2D eigenvalue weighted by Crippen LogP contribution is -2.40. The molecule has 0 saturated heterocycles. The summed E-state index contributed by atoms with van der Waals surface area (Å²) in [4.78, 5) is 22.8. The summed E-state index contributed by atoms with van der Waals surface area (Å²) in [6.45, 7) is 0.0344. The van der Waals surface area contributed by atoms with Gasteiger partial charge in [-0.3, -0.25) is 4.79 Å². The molecule has 0 spiro atoms. The Hall–Kier alpha value is -1.26. The molecular weight excluding hydrogens is 146 g/mol. The molecule has 0 aromatic rings. The summed E-state index contributed by atoms with van der Waals surface area (Å²) < 4.78 is 0. The van der Waals surface area contributed by atoms with Gasteiger partial charge in [0.15, 0.2) is 0 Å². The summed E-state index contributed by atoms with van der Waals surface area (Å²) in [5.74, 6) is -0.131. The largest absolute Gasteiger partial charge is 0.347 e. The van der Waals surface area contributed by atoms with E-state index in [2.05, 4.69) is 10.6 Å². The van der Waals surface area contributed by atoms with Crippen LogP contribution in [-0.2, 0) is 4.79 Å². The van der Waals surface area contributed by atoms with E-state index in [1.54, 1.807) is 14.1 Å². The number of hydrogen-bond donors (Lipinski definition) is 2.